The van der Waals surface area contributed by atoms with Crippen molar-refractivity contribution in [3.8, 4) is 0 Å². The summed E-state index contributed by atoms with van der Waals surface area (Å²) in [6, 6.07) is 0. The molecule has 0 aromatic rings. The Morgan fingerprint density at radius 2 is 0.444 bits per heavy atom. The van der Waals surface area contributed by atoms with E-state index in [0.29, 0.717) is 19.3 Å². The number of unbranched alkanes of at least 4 members (excludes halogenated alkanes) is 54. The number of carbonyl (C=O) groups excluding carboxylic acids is 3. The van der Waals surface area contributed by atoms with Gasteiger partial charge < -0.3 is 14.2 Å². The van der Waals surface area contributed by atoms with Crippen molar-refractivity contribution in [2.75, 3.05) is 13.2 Å². The van der Waals surface area contributed by atoms with Gasteiger partial charge in [0.05, 0.1) is 0 Å². The van der Waals surface area contributed by atoms with Gasteiger partial charge in [0.2, 0.25) is 0 Å². The van der Waals surface area contributed by atoms with Crippen LogP contribution in [0.3, 0.4) is 0 Å². The van der Waals surface area contributed by atoms with Gasteiger partial charge in [0, 0.05) is 19.3 Å². The van der Waals surface area contributed by atoms with Gasteiger partial charge in [-0.1, -0.05) is 373 Å². The predicted molar refractivity (Wildman–Crippen MR) is 353 cm³/mol. The molecule has 0 bridgehead atoms. The molecule has 0 fully saturated rings. The SMILES string of the molecule is CCCCCCC/C=C\C/C=C\CCCCCCCCCCCCCCCCCCCCCC(=O)OCC(COC(=O)CCCCCCCCC)OC(=O)CCCCCCCCCCCCCCCCCCCCCCCCCCC. The van der Waals surface area contributed by atoms with Crippen LogP contribution in [-0.4, -0.2) is 37.2 Å². The average Bonchev–Trinajstić information content (AvgIpc) is 3.46. The first-order chi connectivity index (χ1) is 40.0. The Hall–Kier alpha value is -2.11. The highest BCUT2D eigenvalue weighted by Gasteiger charge is 2.20. The number of hydrogen-bond donors (Lipinski definition) is 0. The first-order valence-corrected chi connectivity index (χ1v) is 36.8. The summed E-state index contributed by atoms with van der Waals surface area (Å²) in [6.07, 6.45) is 86.9. The molecule has 1 unspecified atom stereocenters. The molecule has 0 N–H and O–H groups in total. The number of hydrogen-bond acceptors (Lipinski definition) is 6. The van der Waals surface area contributed by atoms with Crippen molar-refractivity contribution >= 4 is 17.9 Å². The third-order valence-corrected chi connectivity index (χ3v) is 17.0. The van der Waals surface area contributed by atoms with E-state index in [1.165, 1.54) is 315 Å². The second kappa shape index (κ2) is 70.4. The lowest BCUT2D eigenvalue weighted by molar-refractivity contribution is -0.167. The molecule has 1 atom stereocenters. The van der Waals surface area contributed by atoms with E-state index >= 15 is 0 Å². The highest BCUT2D eigenvalue weighted by Crippen LogP contribution is 2.19. The van der Waals surface area contributed by atoms with Crippen LogP contribution >= 0.6 is 0 Å². The zero-order valence-electron chi connectivity index (χ0n) is 55.1. The summed E-state index contributed by atoms with van der Waals surface area (Å²) < 4.78 is 16.9. The zero-order chi connectivity index (χ0) is 58.5. The molecule has 0 amide bonds. The first kappa shape index (κ1) is 78.9. The molecule has 6 nitrogen and oxygen atoms in total. The van der Waals surface area contributed by atoms with Crippen molar-refractivity contribution in [2.24, 2.45) is 0 Å². The highest BCUT2D eigenvalue weighted by atomic mass is 16.6. The van der Waals surface area contributed by atoms with Gasteiger partial charge in [-0.05, 0) is 51.4 Å². The molecule has 0 aliphatic heterocycles. The smallest absolute Gasteiger partial charge is 0.306 e. The van der Waals surface area contributed by atoms with Gasteiger partial charge >= 0.3 is 17.9 Å². The Labute approximate surface area is 506 Å². The fourth-order valence-corrected chi connectivity index (χ4v) is 11.4. The summed E-state index contributed by atoms with van der Waals surface area (Å²) in [7, 11) is 0. The summed E-state index contributed by atoms with van der Waals surface area (Å²) in [6.45, 7) is 6.67. The van der Waals surface area contributed by atoms with Crippen LogP contribution in [0.15, 0.2) is 24.3 Å². The van der Waals surface area contributed by atoms with Crippen molar-refractivity contribution in [3.63, 3.8) is 0 Å². The molecule has 0 aliphatic carbocycles. The second-order valence-corrected chi connectivity index (χ2v) is 25.2. The van der Waals surface area contributed by atoms with Crippen LogP contribution in [0.1, 0.15) is 419 Å². The van der Waals surface area contributed by atoms with E-state index in [1.807, 2.05) is 0 Å². The van der Waals surface area contributed by atoms with Crippen molar-refractivity contribution in [1.29, 1.82) is 0 Å². The lowest BCUT2D eigenvalue weighted by atomic mass is 10.0. The van der Waals surface area contributed by atoms with Crippen LogP contribution in [0.5, 0.6) is 0 Å². The number of carbonyl (C=O) groups is 3. The van der Waals surface area contributed by atoms with Crippen molar-refractivity contribution in [1.82, 2.24) is 0 Å². The van der Waals surface area contributed by atoms with Gasteiger partial charge in [0.15, 0.2) is 6.10 Å². The Balaban J connectivity index is 3.97. The molecule has 0 aromatic carbocycles. The van der Waals surface area contributed by atoms with E-state index in [1.54, 1.807) is 0 Å². The molecular weight excluding hydrogens is 997 g/mol. The lowest BCUT2D eigenvalue weighted by Crippen LogP contribution is -2.30. The van der Waals surface area contributed by atoms with E-state index in [2.05, 4.69) is 45.1 Å². The molecule has 0 heterocycles. The summed E-state index contributed by atoms with van der Waals surface area (Å²) in [5.74, 6) is -0.838. The maximum atomic E-state index is 12.9. The molecule has 0 radical (unpaired) electrons. The van der Waals surface area contributed by atoms with Crippen LogP contribution in [0.2, 0.25) is 0 Å². The van der Waals surface area contributed by atoms with Crippen molar-refractivity contribution in [3.05, 3.63) is 24.3 Å². The Kier molecular flexibility index (Phi) is 68.5. The molecule has 6 heteroatoms. The van der Waals surface area contributed by atoms with Gasteiger partial charge in [-0.3, -0.25) is 14.4 Å². The minimum Gasteiger partial charge on any atom is -0.462 e. The van der Waals surface area contributed by atoms with E-state index in [-0.39, 0.29) is 31.1 Å². The number of esters is 3. The molecule has 81 heavy (non-hydrogen) atoms. The van der Waals surface area contributed by atoms with Crippen LogP contribution in [0, 0.1) is 0 Å². The maximum absolute atomic E-state index is 12.9. The third kappa shape index (κ3) is 68.6. The van der Waals surface area contributed by atoms with Gasteiger partial charge in [-0.2, -0.15) is 0 Å². The van der Waals surface area contributed by atoms with Gasteiger partial charge in [0.1, 0.15) is 13.2 Å². The van der Waals surface area contributed by atoms with Crippen molar-refractivity contribution in [2.45, 2.75) is 425 Å². The largest absolute Gasteiger partial charge is 0.462 e. The average molecular weight is 1140 g/mol. The number of allylic oxidation sites excluding steroid dienone is 4. The Morgan fingerprint density at radius 1 is 0.247 bits per heavy atom. The van der Waals surface area contributed by atoms with Gasteiger partial charge in [-0.15, -0.1) is 0 Å². The minimum atomic E-state index is -0.765. The van der Waals surface area contributed by atoms with Gasteiger partial charge in [0.25, 0.3) is 0 Å². The summed E-state index contributed by atoms with van der Waals surface area (Å²) in [5, 5.41) is 0. The molecule has 478 valence electrons. The Bertz CT molecular complexity index is 1310. The molecule has 0 saturated heterocycles. The molecule has 0 spiro atoms. The normalized spacial score (nSPS) is 12.1. The quantitative estimate of drug-likeness (QED) is 0.0261. The Morgan fingerprint density at radius 3 is 0.679 bits per heavy atom. The lowest BCUT2D eigenvalue weighted by Gasteiger charge is -2.18. The molecule has 0 saturated carbocycles. The standard InChI is InChI=1S/C75H142O6/c1-4-7-10-13-16-18-20-22-24-26-28-30-32-34-35-36-37-38-39-41-42-44-46-48-50-52-54-56-59-62-65-68-74(77)80-71-72(70-79-73(76)67-64-61-58-15-12-9-6-3)81-75(78)69-66-63-60-57-55-53-51-49-47-45-43-40-33-31-29-27-25-23-21-19-17-14-11-8-5-2/h20,22,26,28,72H,4-19,21,23-25,27,29-71H2,1-3H3/b22-20-,28-26-. The molecule has 0 aliphatic rings. The summed E-state index contributed by atoms with van der Waals surface area (Å²) in [5.41, 5.74) is 0. The third-order valence-electron chi connectivity index (χ3n) is 17.0. The molecular formula is C75H142O6. The van der Waals surface area contributed by atoms with E-state index in [4.69, 9.17) is 14.2 Å². The van der Waals surface area contributed by atoms with Gasteiger partial charge in [-0.25, -0.2) is 0 Å². The molecule has 0 rings (SSSR count). The number of rotatable bonds is 69. The fraction of sp³-hybridized carbons (Fsp3) is 0.907. The minimum absolute atomic E-state index is 0.0639. The maximum Gasteiger partial charge on any atom is 0.306 e. The predicted octanol–water partition coefficient (Wildman–Crippen LogP) is 25.3. The topological polar surface area (TPSA) is 78.9 Å². The summed E-state index contributed by atoms with van der Waals surface area (Å²) in [4.78, 5) is 38.2. The van der Waals surface area contributed by atoms with Crippen LogP contribution < -0.4 is 0 Å². The van der Waals surface area contributed by atoms with Crippen LogP contribution in [0.4, 0.5) is 0 Å². The van der Waals surface area contributed by atoms with E-state index < -0.39 is 6.10 Å². The van der Waals surface area contributed by atoms with Crippen molar-refractivity contribution < 1.29 is 28.6 Å². The highest BCUT2D eigenvalue weighted by molar-refractivity contribution is 5.71. The second-order valence-electron chi connectivity index (χ2n) is 25.2. The first-order valence-electron chi connectivity index (χ1n) is 36.8. The fourth-order valence-electron chi connectivity index (χ4n) is 11.4. The number of ether oxygens (including phenoxy) is 3. The summed E-state index contributed by atoms with van der Waals surface area (Å²) >= 11 is 0. The van der Waals surface area contributed by atoms with Crippen LogP contribution in [0.25, 0.3) is 0 Å². The van der Waals surface area contributed by atoms with E-state index in [0.717, 1.165) is 64.2 Å². The molecule has 0 aromatic heterocycles. The zero-order valence-corrected chi connectivity index (χ0v) is 55.1. The van der Waals surface area contributed by atoms with Crippen LogP contribution in [-0.2, 0) is 28.6 Å². The van der Waals surface area contributed by atoms with E-state index in [9.17, 15) is 14.4 Å². The monoisotopic (exact) mass is 1140 g/mol.